The van der Waals surface area contributed by atoms with E-state index in [4.69, 9.17) is 15.7 Å². The van der Waals surface area contributed by atoms with Gasteiger partial charge in [-0.05, 0) is 43.9 Å². The van der Waals surface area contributed by atoms with Gasteiger partial charge in [-0.3, -0.25) is 0 Å². The Balaban J connectivity index is 2.11. The molecule has 2 rings (SSSR count). The van der Waals surface area contributed by atoms with E-state index < -0.39 is 0 Å². The molecule has 0 aliphatic heterocycles. The molecule has 0 spiro atoms. The fourth-order valence-corrected chi connectivity index (χ4v) is 2.10. The van der Waals surface area contributed by atoms with Crippen LogP contribution in [-0.4, -0.2) is 6.10 Å². The lowest BCUT2D eigenvalue weighted by molar-refractivity contribution is 0.154. The van der Waals surface area contributed by atoms with Gasteiger partial charge in [0.15, 0.2) is 0 Å². The number of nitrogens with zero attached hydrogens (tertiary/aromatic N) is 1. The van der Waals surface area contributed by atoms with Gasteiger partial charge < -0.3 is 10.5 Å². The van der Waals surface area contributed by atoms with Gasteiger partial charge in [-0.25, -0.2) is 0 Å². The molecule has 1 aliphatic rings. The fraction of sp³-hybridized carbons (Fsp3) is 0.462. The van der Waals surface area contributed by atoms with Crippen molar-refractivity contribution in [1.29, 1.82) is 5.26 Å². The van der Waals surface area contributed by atoms with E-state index in [0.29, 0.717) is 17.0 Å². The first kappa shape index (κ1) is 10.8. The fourth-order valence-electron chi connectivity index (χ4n) is 2.10. The number of nitriles is 1. The Morgan fingerprint density at radius 3 is 2.69 bits per heavy atom. The minimum absolute atomic E-state index is 0.268. The molecule has 1 saturated carbocycles. The lowest BCUT2D eigenvalue weighted by Gasteiger charge is -2.23. The highest BCUT2D eigenvalue weighted by atomic mass is 16.5. The number of nitrogens with two attached hydrogens (primary N) is 1. The highest BCUT2D eigenvalue weighted by Gasteiger charge is 2.16. The molecule has 0 unspecified atom stereocenters. The molecular formula is C13H16N2O. The van der Waals surface area contributed by atoms with Crippen molar-refractivity contribution in [3.8, 4) is 11.8 Å². The molecule has 0 aromatic heterocycles. The first-order valence-electron chi connectivity index (χ1n) is 5.76. The van der Waals surface area contributed by atoms with Gasteiger partial charge in [0.05, 0.1) is 11.7 Å². The highest BCUT2D eigenvalue weighted by Crippen LogP contribution is 2.26. The summed E-state index contributed by atoms with van der Waals surface area (Å²) in [7, 11) is 0. The number of benzene rings is 1. The predicted molar refractivity (Wildman–Crippen MR) is 63.1 cm³/mol. The first-order valence-corrected chi connectivity index (χ1v) is 5.76. The molecule has 3 heteroatoms. The van der Waals surface area contributed by atoms with Crippen molar-refractivity contribution in [2.24, 2.45) is 0 Å². The van der Waals surface area contributed by atoms with E-state index in [1.165, 1.54) is 19.3 Å². The largest absolute Gasteiger partial charge is 0.489 e. The lowest BCUT2D eigenvalue weighted by Crippen LogP contribution is -2.20. The van der Waals surface area contributed by atoms with Crippen LogP contribution in [0.3, 0.4) is 0 Å². The summed E-state index contributed by atoms with van der Waals surface area (Å²) in [6, 6.07) is 7.36. The second kappa shape index (κ2) is 4.89. The number of rotatable bonds is 2. The average molecular weight is 216 g/mol. The Bertz CT molecular complexity index is 403. The molecular weight excluding hydrogens is 200 g/mol. The van der Waals surface area contributed by atoms with Gasteiger partial charge in [-0.1, -0.05) is 6.42 Å². The summed E-state index contributed by atoms with van der Waals surface area (Å²) in [5.74, 6) is 0.670. The van der Waals surface area contributed by atoms with Gasteiger partial charge in [0, 0.05) is 5.69 Å². The maximum Gasteiger partial charge on any atom is 0.137 e. The molecule has 0 atom stereocenters. The molecule has 1 aromatic carbocycles. The van der Waals surface area contributed by atoms with Crippen LogP contribution in [0, 0.1) is 11.3 Å². The Morgan fingerprint density at radius 2 is 2.00 bits per heavy atom. The average Bonchev–Trinajstić information content (AvgIpc) is 2.33. The van der Waals surface area contributed by atoms with E-state index in [0.717, 1.165) is 12.8 Å². The van der Waals surface area contributed by atoms with Crippen molar-refractivity contribution in [1.82, 2.24) is 0 Å². The van der Waals surface area contributed by atoms with Crippen molar-refractivity contribution in [2.45, 2.75) is 38.2 Å². The summed E-state index contributed by atoms with van der Waals surface area (Å²) in [5.41, 5.74) is 6.77. The van der Waals surface area contributed by atoms with Crippen LogP contribution in [0.4, 0.5) is 5.69 Å². The zero-order chi connectivity index (χ0) is 11.4. The SMILES string of the molecule is N#Cc1cc(N)ccc1OC1CCCCC1. The van der Waals surface area contributed by atoms with Gasteiger partial charge in [0.1, 0.15) is 11.8 Å². The second-order valence-corrected chi connectivity index (χ2v) is 4.25. The molecule has 0 amide bonds. The van der Waals surface area contributed by atoms with Crippen LogP contribution >= 0.6 is 0 Å². The standard InChI is InChI=1S/C13H16N2O/c14-9-10-8-11(15)6-7-13(10)16-12-4-2-1-3-5-12/h6-8,12H,1-5,15H2. The lowest BCUT2D eigenvalue weighted by atomic mass is 9.97. The zero-order valence-electron chi connectivity index (χ0n) is 9.28. The van der Waals surface area contributed by atoms with Crippen molar-refractivity contribution >= 4 is 5.69 Å². The predicted octanol–water partition coefficient (Wildman–Crippen LogP) is 2.85. The molecule has 0 saturated heterocycles. The third kappa shape index (κ3) is 2.46. The Hall–Kier alpha value is -1.69. The number of ether oxygens (including phenoxy) is 1. The summed E-state index contributed by atoms with van der Waals surface area (Å²) >= 11 is 0. The Kier molecular flexibility index (Phi) is 3.31. The topological polar surface area (TPSA) is 59.0 Å². The number of anilines is 1. The molecule has 84 valence electrons. The zero-order valence-corrected chi connectivity index (χ0v) is 9.28. The van der Waals surface area contributed by atoms with E-state index in [-0.39, 0.29) is 6.10 Å². The summed E-state index contributed by atoms with van der Waals surface area (Å²) in [6.45, 7) is 0. The normalized spacial score (nSPS) is 16.7. The number of nitrogen functional groups attached to an aromatic ring is 1. The molecule has 0 bridgehead atoms. The van der Waals surface area contributed by atoms with Gasteiger partial charge in [-0.2, -0.15) is 5.26 Å². The minimum atomic E-state index is 0.268. The van der Waals surface area contributed by atoms with E-state index in [9.17, 15) is 0 Å². The van der Waals surface area contributed by atoms with E-state index in [1.807, 2.05) is 0 Å². The monoisotopic (exact) mass is 216 g/mol. The van der Waals surface area contributed by atoms with Crippen LogP contribution in [0.1, 0.15) is 37.7 Å². The molecule has 3 nitrogen and oxygen atoms in total. The maximum absolute atomic E-state index is 8.99. The summed E-state index contributed by atoms with van der Waals surface area (Å²) in [5, 5.41) is 8.99. The van der Waals surface area contributed by atoms with Crippen LogP contribution in [-0.2, 0) is 0 Å². The third-order valence-corrected chi connectivity index (χ3v) is 2.97. The van der Waals surface area contributed by atoms with Crippen molar-refractivity contribution in [3.63, 3.8) is 0 Å². The molecule has 1 aromatic rings. The van der Waals surface area contributed by atoms with Gasteiger partial charge in [0.25, 0.3) is 0 Å². The highest BCUT2D eigenvalue weighted by molar-refractivity contribution is 5.53. The van der Waals surface area contributed by atoms with E-state index in [2.05, 4.69) is 6.07 Å². The van der Waals surface area contributed by atoms with Crippen LogP contribution < -0.4 is 10.5 Å². The van der Waals surface area contributed by atoms with Crippen molar-refractivity contribution in [3.05, 3.63) is 23.8 Å². The Labute approximate surface area is 95.8 Å². The van der Waals surface area contributed by atoms with Gasteiger partial charge in [0.2, 0.25) is 0 Å². The quantitative estimate of drug-likeness (QED) is 0.773. The second-order valence-electron chi connectivity index (χ2n) is 4.25. The molecule has 16 heavy (non-hydrogen) atoms. The summed E-state index contributed by atoms with van der Waals surface area (Å²) in [6.07, 6.45) is 6.20. The number of hydrogen-bond donors (Lipinski definition) is 1. The molecule has 0 radical (unpaired) electrons. The molecule has 1 aliphatic carbocycles. The summed E-state index contributed by atoms with van der Waals surface area (Å²) < 4.78 is 5.85. The van der Waals surface area contributed by atoms with Crippen molar-refractivity contribution in [2.75, 3.05) is 5.73 Å². The Morgan fingerprint density at radius 1 is 1.25 bits per heavy atom. The minimum Gasteiger partial charge on any atom is -0.489 e. The van der Waals surface area contributed by atoms with E-state index in [1.54, 1.807) is 18.2 Å². The van der Waals surface area contributed by atoms with Crippen molar-refractivity contribution < 1.29 is 4.74 Å². The summed E-state index contributed by atoms with van der Waals surface area (Å²) in [4.78, 5) is 0. The number of hydrogen-bond acceptors (Lipinski definition) is 3. The van der Waals surface area contributed by atoms with Gasteiger partial charge >= 0.3 is 0 Å². The van der Waals surface area contributed by atoms with Crippen LogP contribution in [0.2, 0.25) is 0 Å². The molecule has 2 N–H and O–H groups in total. The molecule has 0 heterocycles. The molecule has 1 fully saturated rings. The van der Waals surface area contributed by atoms with E-state index >= 15 is 0 Å². The van der Waals surface area contributed by atoms with Crippen LogP contribution in [0.15, 0.2) is 18.2 Å². The third-order valence-electron chi connectivity index (χ3n) is 2.97. The smallest absolute Gasteiger partial charge is 0.137 e. The van der Waals surface area contributed by atoms with Crippen LogP contribution in [0.25, 0.3) is 0 Å². The van der Waals surface area contributed by atoms with Crippen LogP contribution in [0.5, 0.6) is 5.75 Å². The maximum atomic E-state index is 8.99. The first-order chi connectivity index (χ1) is 7.79. The van der Waals surface area contributed by atoms with Gasteiger partial charge in [-0.15, -0.1) is 0 Å².